The minimum absolute atomic E-state index is 0.121. The van der Waals surface area contributed by atoms with Crippen LogP contribution in [0.4, 0.5) is 0 Å². The third kappa shape index (κ3) is 8.49. The van der Waals surface area contributed by atoms with Crippen molar-refractivity contribution in [3.63, 3.8) is 0 Å². The zero-order valence-electron chi connectivity index (χ0n) is 21.0. The molecule has 1 N–H and O–H groups in total. The van der Waals surface area contributed by atoms with Gasteiger partial charge in [0.15, 0.2) is 0 Å². The standard InChI is InChI=1S/C30H35ClN2O3/c1-2-3-4-5-6-7-8-9-10-19-29(34)33-32-22-26-24-16-12-11-15-23(24)20-21-28(26)36-30(35)25-17-13-14-18-27(25)31/h11-18,20-22H,2-10,19H2,1H3,(H,33,34). The minimum Gasteiger partial charge on any atom is -0.422 e. The lowest BCUT2D eigenvalue weighted by molar-refractivity contribution is -0.121. The zero-order chi connectivity index (χ0) is 25.6. The van der Waals surface area contributed by atoms with E-state index < -0.39 is 5.97 Å². The largest absolute Gasteiger partial charge is 0.422 e. The number of benzene rings is 3. The number of fused-ring (bicyclic) bond motifs is 1. The van der Waals surface area contributed by atoms with Gasteiger partial charge in [-0.2, -0.15) is 5.10 Å². The molecule has 3 rings (SSSR count). The number of hydrogen-bond acceptors (Lipinski definition) is 4. The van der Waals surface area contributed by atoms with E-state index in [0.717, 1.165) is 23.6 Å². The first-order valence-electron chi connectivity index (χ1n) is 12.9. The van der Waals surface area contributed by atoms with Crippen molar-refractivity contribution in [1.29, 1.82) is 0 Å². The van der Waals surface area contributed by atoms with Gasteiger partial charge >= 0.3 is 5.97 Å². The van der Waals surface area contributed by atoms with Gasteiger partial charge in [-0.3, -0.25) is 4.79 Å². The highest BCUT2D eigenvalue weighted by Gasteiger charge is 2.15. The van der Waals surface area contributed by atoms with Crippen LogP contribution in [0.25, 0.3) is 10.8 Å². The number of unbranched alkanes of at least 4 members (excludes halogenated alkanes) is 8. The number of ether oxygens (including phenoxy) is 1. The Morgan fingerprint density at radius 1 is 0.861 bits per heavy atom. The number of nitrogens with one attached hydrogen (secondary N) is 1. The molecule has 0 unspecified atom stereocenters. The number of halogens is 1. The molecule has 190 valence electrons. The van der Waals surface area contributed by atoms with Gasteiger partial charge in [0, 0.05) is 12.0 Å². The summed E-state index contributed by atoms with van der Waals surface area (Å²) in [5.74, 6) is -0.334. The van der Waals surface area contributed by atoms with Gasteiger partial charge in [-0.05, 0) is 35.4 Å². The monoisotopic (exact) mass is 506 g/mol. The number of hydrazone groups is 1. The predicted octanol–water partition coefficient (Wildman–Crippen LogP) is 8.08. The first-order chi connectivity index (χ1) is 17.6. The number of amides is 1. The van der Waals surface area contributed by atoms with Gasteiger partial charge in [-0.15, -0.1) is 0 Å². The van der Waals surface area contributed by atoms with Crippen LogP contribution in [0.5, 0.6) is 5.75 Å². The van der Waals surface area contributed by atoms with Crippen LogP contribution in [0.15, 0.2) is 65.8 Å². The van der Waals surface area contributed by atoms with Crippen molar-refractivity contribution < 1.29 is 14.3 Å². The third-order valence-electron chi connectivity index (χ3n) is 6.12. The van der Waals surface area contributed by atoms with Crippen molar-refractivity contribution in [3.8, 4) is 5.75 Å². The fourth-order valence-electron chi connectivity index (χ4n) is 4.10. The molecule has 0 bridgehead atoms. The summed E-state index contributed by atoms with van der Waals surface area (Å²) in [4.78, 5) is 25.0. The summed E-state index contributed by atoms with van der Waals surface area (Å²) in [5.41, 5.74) is 3.50. The third-order valence-corrected chi connectivity index (χ3v) is 6.45. The van der Waals surface area contributed by atoms with Crippen molar-refractivity contribution in [2.24, 2.45) is 5.10 Å². The van der Waals surface area contributed by atoms with E-state index in [1.807, 2.05) is 30.3 Å². The van der Waals surface area contributed by atoms with Crippen LogP contribution in [-0.2, 0) is 4.79 Å². The van der Waals surface area contributed by atoms with E-state index in [2.05, 4.69) is 17.5 Å². The Balaban J connectivity index is 1.57. The van der Waals surface area contributed by atoms with Crippen LogP contribution in [0.3, 0.4) is 0 Å². The Bertz CT molecular complexity index is 1180. The van der Waals surface area contributed by atoms with E-state index in [1.165, 1.54) is 51.2 Å². The topological polar surface area (TPSA) is 67.8 Å². The van der Waals surface area contributed by atoms with Gasteiger partial charge in [-0.1, -0.05) is 112 Å². The molecule has 5 nitrogen and oxygen atoms in total. The highest BCUT2D eigenvalue weighted by atomic mass is 35.5. The van der Waals surface area contributed by atoms with Crippen molar-refractivity contribution in [3.05, 3.63) is 76.8 Å². The Hall–Kier alpha value is -3.18. The molecule has 3 aromatic carbocycles. The van der Waals surface area contributed by atoms with Crippen molar-refractivity contribution in [1.82, 2.24) is 5.43 Å². The summed E-state index contributed by atoms with van der Waals surface area (Å²) in [6, 6.07) is 18.1. The highest BCUT2D eigenvalue weighted by Crippen LogP contribution is 2.28. The Morgan fingerprint density at radius 2 is 1.53 bits per heavy atom. The van der Waals surface area contributed by atoms with Crippen molar-refractivity contribution in [2.75, 3.05) is 0 Å². The predicted molar refractivity (Wildman–Crippen MR) is 148 cm³/mol. The van der Waals surface area contributed by atoms with Crippen molar-refractivity contribution >= 4 is 40.5 Å². The maximum Gasteiger partial charge on any atom is 0.345 e. The number of nitrogens with zero attached hydrogens (tertiary/aromatic N) is 1. The molecule has 3 aromatic rings. The first-order valence-corrected chi connectivity index (χ1v) is 13.3. The average molecular weight is 507 g/mol. The van der Waals surface area contributed by atoms with Gasteiger partial charge in [-0.25, -0.2) is 10.2 Å². The lowest BCUT2D eigenvalue weighted by Gasteiger charge is -2.11. The van der Waals surface area contributed by atoms with Crippen LogP contribution < -0.4 is 10.2 Å². The molecule has 0 saturated carbocycles. The Kier molecular flexibility index (Phi) is 11.5. The van der Waals surface area contributed by atoms with E-state index in [9.17, 15) is 9.59 Å². The van der Waals surface area contributed by atoms with Crippen molar-refractivity contribution in [2.45, 2.75) is 71.1 Å². The molecular weight excluding hydrogens is 472 g/mol. The molecule has 0 radical (unpaired) electrons. The maximum absolute atomic E-state index is 12.7. The maximum atomic E-state index is 12.7. The van der Waals surface area contributed by atoms with E-state index in [1.54, 1.807) is 30.3 Å². The zero-order valence-corrected chi connectivity index (χ0v) is 21.7. The molecule has 0 aliphatic rings. The molecule has 0 heterocycles. The number of esters is 1. The lowest BCUT2D eigenvalue weighted by atomic mass is 10.0. The van der Waals surface area contributed by atoms with Gasteiger partial charge < -0.3 is 4.74 Å². The van der Waals surface area contributed by atoms with E-state index in [4.69, 9.17) is 16.3 Å². The van der Waals surface area contributed by atoms with Crippen LogP contribution in [0, 0.1) is 0 Å². The Morgan fingerprint density at radius 3 is 2.28 bits per heavy atom. The minimum atomic E-state index is -0.556. The van der Waals surface area contributed by atoms with E-state index >= 15 is 0 Å². The summed E-state index contributed by atoms with van der Waals surface area (Å²) < 4.78 is 5.68. The lowest BCUT2D eigenvalue weighted by Crippen LogP contribution is -2.17. The molecule has 6 heteroatoms. The normalized spacial score (nSPS) is 11.2. The second-order valence-electron chi connectivity index (χ2n) is 8.94. The van der Waals surface area contributed by atoms with Crippen LogP contribution >= 0.6 is 11.6 Å². The molecule has 0 atom stereocenters. The molecule has 0 spiro atoms. The summed E-state index contributed by atoms with van der Waals surface area (Å²) in [6.07, 6.45) is 12.8. The number of hydrogen-bond donors (Lipinski definition) is 1. The highest BCUT2D eigenvalue weighted by molar-refractivity contribution is 6.33. The number of rotatable bonds is 14. The SMILES string of the molecule is CCCCCCCCCCCC(=O)NN=Cc1c(OC(=O)c2ccccc2Cl)ccc2ccccc12. The van der Waals surface area contributed by atoms with Gasteiger partial charge in [0.2, 0.25) is 5.91 Å². The quantitative estimate of drug-likeness (QED) is 0.0789. The fourth-order valence-corrected chi connectivity index (χ4v) is 4.31. The molecule has 0 aliphatic carbocycles. The summed E-state index contributed by atoms with van der Waals surface area (Å²) in [6.45, 7) is 2.23. The Labute approximate surface area is 218 Å². The fraction of sp³-hybridized carbons (Fsp3) is 0.367. The van der Waals surface area contributed by atoms with Gasteiger partial charge in [0.25, 0.3) is 0 Å². The molecule has 0 fully saturated rings. The van der Waals surface area contributed by atoms with Gasteiger partial charge in [0.05, 0.1) is 16.8 Å². The van der Waals surface area contributed by atoms with Crippen LogP contribution in [-0.4, -0.2) is 18.1 Å². The first kappa shape index (κ1) is 27.4. The molecule has 36 heavy (non-hydrogen) atoms. The summed E-state index contributed by atoms with van der Waals surface area (Å²) in [7, 11) is 0. The summed E-state index contributed by atoms with van der Waals surface area (Å²) in [5, 5.41) is 6.32. The van der Waals surface area contributed by atoms with Gasteiger partial charge in [0.1, 0.15) is 5.75 Å². The van der Waals surface area contributed by atoms with Crippen LogP contribution in [0.2, 0.25) is 5.02 Å². The number of carbonyl (C=O) groups is 2. The number of carbonyl (C=O) groups excluding carboxylic acids is 2. The smallest absolute Gasteiger partial charge is 0.345 e. The average Bonchev–Trinajstić information content (AvgIpc) is 2.89. The summed E-state index contributed by atoms with van der Waals surface area (Å²) >= 11 is 6.16. The molecule has 0 aliphatic heterocycles. The molecule has 1 amide bonds. The molecular formula is C30H35ClN2O3. The second kappa shape index (κ2) is 15.0. The molecule has 0 saturated heterocycles. The van der Waals surface area contributed by atoms with E-state index in [0.29, 0.717) is 22.8 Å². The van der Waals surface area contributed by atoms with Crippen LogP contribution in [0.1, 0.15) is 87.1 Å². The molecule has 0 aromatic heterocycles. The second-order valence-corrected chi connectivity index (χ2v) is 9.35. The van der Waals surface area contributed by atoms with E-state index in [-0.39, 0.29) is 11.5 Å².